The number of hydrogen-bond acceptors (Lipinski definition) is 6. The molecular weight excluding hydrogens is 446 g/mol. The zero-order chi connectivity index (χ0) is 25.0. The molecule has 1 amide bonds. The van der Waals surface area contributed by atoms with Gasteiger partial charge in [-0.2, -0.15) is 0 Å². The van der Waals surface area contributed by atoms with Crippen molar-refractivity contribution >= 4 is 12.1 Å². The van der Waals surface area contributed by atoms with Crippen molar-refractivity contribution in [1.82, 2.24) is 5.32 Å². The Morgan fingerprint density at radius 2 is 1.54 bits per heavy atom. The summed E-state index contributed by atoms with van der Waals surface area (Å²) in [5.74, 6) is 0.930. The minimum atomic E-state index is -0.881. The molecule has 7 nitrogen and oxygen atoms in total. The summed E-state index contributed by atoms with van der Waals surface area (Å²) in [6.07, 6.45) is -0.430. The summed E-state index contributed by atoms with van der Waals surface area (Å²) in [5, 5.41) is 2.64. The van der Waals surface area contributed by atoms with E-state index in [-0.39, 0.29) is 19.6 Å². The van der Waals surface area contributed by atoms with E-state index in [1.54, 1.807) is 38.3 Å². The van der Waals surface area contributed by atoms with Crippen LogP contribution in [0.2, 0.25) is 0 Å². The van der Waals surface area contributed by atoms with Crippen LogP contribution in [-0.2, 0) is 33.9 Å². The highest BCUT2D eigenvalue weighted by atomic mass is 16.6. The van der Waals surface area contributed by atoms with Crippen LogP contribution < -0.4 is 14.8 Å². The lowest BCUT2D eigenvalue weighted by Crippen LogP contribution is -2.43. The second-order valence-electron chi connectivity index (χ2n) is 7.94. The van der Waals surface area contributed by atoms with Crippen LogP contribution in [0.25, 0.3) is 0 Å². The molecule has 1 atom stereocenters. The van der Waals surface area contributed by atoms with Crippen LogP contribution in [0.5, 0.6) is 11.5 Å². The summed E-state index contributed by atoms with van der Waals surface area (Å²) in [4.78, 5) is 25.0. The lowest BCUT2D eigenvalue weighted by Gasteiger charge is -2.19. The van der Waals surface area contributed by atoms with E-state index < -0.39 is 18.1 Å². The van der Waals surface area contributed by atoms with E-state index in [2.05, 4.69) is 5.32 Å². The maximum atomic E-state index is 12.5. The van der Waals surface area contributed by atoms with Gasteiger partial charge >= 0.3 is 12.1 Å². The lowest BCUT2D eigenvalue weighted by atomic mass is 10.0. The molecule has 0 aliphatic rings. The Morgan fingerprint density at radius 3 is 2.20 bits per heavy atom. The maximum Gasteiger partial charge on any atom is 0.408 e. The number of alkyl carbamates (subject to hydrolysis) is 1. The molecule has 3 rings (SSSR count). The molecule has 184 valence electrons. The van der Waals surface area contributed by atoms with Crippen molar-refractivity contribution < 1.29 is 28.5 Å². The predicted octanol–water partition coefficient (Wildman–Crippen LogP) is 4.98. The third kappa shape index (κ3) is 8.07. The number of esters is 1. The standard InChI is InChI=1S/C28H31NO6/c1-4-33-27(30)26(29-28(31)35-19-22-10-13-24(32-3)14-11-22)17-23-12-15-25(16-20(23)2)34-18-21-8-6-5-7-9-21/h5-16,26H,4,17-19H2,1-3H3,(H,29,31)/t26-/m0/s1. The van der Waals surface area contributed by atoms with Crippen molar-refractivity contribution in [3.8, 4) is 11.5 Å². The van der Waals surface area contributed by atoms with Gasteiger partial charge in [0.05, 0.1) is 13.7 Å². The quantitative estimate of drug-likeness (QED) is 0.392. The fourth-order valence-corrected chi connectivity index (χ4v) is 3.44. The number of benzene rings is 3. The van der Waals surface area contributed by atoms with Gasteiger partial charge in [0.25, 0.3) is 0 Å². The minimum Gasteiger partial charge on any atom is -0.497 e. The molecule has 0 saturated carbocycles. The number of carbonyl (C=O) groups excluding carboxylic acids is 2. The molecule has 35 heavy (non-hydrogen) atoms. The van der Waals surface area contributed by atoms with E-state index in [1.807, 2.05) is 55.5 Å². The highest BCUT2D eigenvalue weighted by Gasteiger charge is 2.24. The summed E-state index contributed by atoms with van der Waals surface area (Å²) < 4.78 is 21.5. The average Bonchev–Trinajstić information content (AvgIpc) is 2.88. The van der Waals surface area contributed by atoms with Crippen LogP contribution in [0.1, 0.15) is 29.2 Å². The Bertz CT molecular complexity index is 1100. The molecule has 0 unspecified atom stereocenters. The molecule has 3 aromatic rings. The number of amides is 1. The van der Waals surface area contributed by atoms with Crippen molar-refractivity contribution in [2.24, 2.45) is 0 Å². The first-order chi connectivity index (χ1) is 17.0. The molecule has 1 N–H and O–H groups in total. The summed E-state index contributed by atoms with van der Waals surface area (Å²) >= 11 is 0. The number of hydrogen-bond donors (Lipinski definition) is 1. The average molecular weight is 478 g/mol. The van der Waals surface area contributed by atoms with Gasteiger partial charge in [0.2, 0.25) is 0 Å². The normalized spacial score (nSPS) is 11.3. The third-order valence-electron chi connectivity index (χ3n) is 5.38. The van der Waals surface area contributed by atoms with Gasteiger partial charge in [0, 0.05) is 6.42 Å². The van der Waals surface area contributed by atoms with Crippen molar-refractivity contribution in [1.29, 1.82) is 0 Å². The Labute approximate surface area is 206 Å². The summed E-state index contributed by atoms with van der Waals surface area (Å²) in [6.45, 7) is 4.41. The second kappa shape index (κ2) is 13.0. The predicted molar refractivity (Wildman–Crippen MR) is 132 cm³/mol. The number of nitrogens with one attached hydrogen (secondary N) is 1. The number of methoxy groups -OCH3 is 1. The first-order valence-corrected chi connectivity index (χ1v) is 11.5. The lowest BCUT2D eigenvalue weighted by molar-refractivity contribution is -0.145. The van der Waals surface area contributed by atoms with Gasteiger partial charge in [-0.3, -0.25) is 0 Å². The highest BCUT2D eigenvalue weighted by Crippen LogP contribution is 2.20. The summed E-state index contributed by atoms with van der Waals surface area (Å²) in [5.41, 5.74) is 3.72. The molecule has 3 aromatic carbocycles. The van der Waals surface area contributed by atoms with Gasteiger partial charge in [0.1, 0.15) is 30.8 Å². The highest BCUT2D eigenvalue weighted by molar-refractivity contribution is 5.81. The number of rotatable bonds is 11. The van der Waals surface area contributed by atoms with Gasteiger partial charge in [-0.15, -0.1) is 0 Å². The van der Waals surface area contributed by atoms with Crippen molar-refractivity contribution in [2.75, 3.05) is 13.7 Å². The van der Waals surface area contributed by atoms with E-state index >= 15 is 0 Å². The maximum absolute atomic E-state index is 12.5. The SMILES string of the molecule is CCOC(=O)[C@H](Cc1ccc(OCc2ccccc2)cc1C)NC(=O)OCc1ccc(OC)cc1. The van der Waals surface area contributed by atoms with E-state index in [0.717, 1.165) is 28.0 Å². The topological polar surface area (TPSA) is 83.1 Å². The molecular formula is C28H31NO6. The molecule has 0 spiro atoms. The molecule has 0 bridgehead atoms. The van der Waals surface area contributed by atoms with E-state index in [0.29, 0.717) is 12.4 Å². The Morgan fingerprint density at radius 1 is 0.857 bits per heavy atom. The molecule has 0 heterocycles. The Hall–Kier alpha value is -4.00. The molecule has 7 heteroatoms. The fraction of sp³-hybridized carbons (Fsp3) is 0.286. The smallest absolute Gasteiger partial charge is 0.408 e. The number of aryl methyl sites for hydroxylation is 1. The van der Waals surface area contributed by atoms with Gasteiger partial charge in [-0.05, 0) is 60.4 Å². The van der Waals surface area contributed by atoms with Crippen LogP contribution in [0, 0.1) is 6.92 Å². The van der Waals surface area contributed by atoms with Crippen molar-refractivity contribution in [3.05, 3.63) is 95.1 Å². The summed E-state index contributed by atoms with van der Waals surface area (Å²) in [6, 6.07) is 21.9. The van der Waals surface area contributed by atoms with Gasteiger partial charge in [-0.1, -0.05) is 48.5 Å². The summed E-state index contributed by atoms with van der Waals surface area (Å²) in [7, 11) is 1.58. The second-order valence-corrected chi connectivity index (χ2v) is 7.94. The fourth-order valence-electron chi connectivity index (χ4n) is 3.44. The minimum absolute atomic E-state index is 0.0673. The monoisotopic (exact) mass is 477 g/mol. The molecule has 0 saturated heterocycles. The van der Waals surface area contributed by atoms with Crippen LogP contribution in [0.3, 0.4) is 0 Å². The first kappa shape index (κ1) is 25.6. The van der Waals surface area contributed by atoms with Crippen LogP contribution in [-0.4, -0.2) is 31.8 Å². The molecule has 0 aliphatic carbocycles. The van der Waals surface area contributed by atoms with Gasteiger partial charge in [0.15, 0.2) is 0 Å². The van der Waals surface area contributed by atoms with E-state index in [1.165, 1.54) is 0 Å². The third-order valence-corrected chi connectivity index (χ3v) is 5.38. The molecule has 0 aromatic heterocycles. The largest absolute Gasteiger partial charge is 0.497 e. The molecule has 0 fully saturated rings. The van der Waals surface area contributed by atoms with Crippen LogP contribution >= 0.6 is 0 Å². The van der Waals surface area contributed by atoms with E-state index in [4.69, 9.17) is 18.9 Å². The zero-order valence-electron chi connectivity index (χ0n) is 20.3. The van der Waals surface area contributed by atoms with Crippen LogP contribution in [0.4, 0.5) is 4.79 Å². The zero-order valence-corrected chi connectivity index (χ0v) is 20.3. The van der Waals surface area contributed by atoms with Gasteiger partial charge in [-0.25, -0.2) is 9.59 Å². The molecule has 0 aliphatic heterocycles. The van der Waals surface area contributed by atoms with Crippen LogP contribution in [0.15, 0.2) is 72.8 Å². The number of ether oxygens (including phenoxy) is 4. The Kier molecular flexibility index (Phi) is 9.54. The van der Waals surface area contributed by atoms with Crippen molar-refractivity contribution in [2.45, 2.75) is 39.5 Å². The number of carbonyl (C=O) groups is 2. The Balaban J connectivity index is 1.60. The molecule has 0 radical (unpaired) electrons. The van der Waals surface area contributed by atoms with Crippen molar-refractivity contribution in [3.63, 3.8) is 0 Å². The van der Waals surface area contributed by atoms with Gasteiger partial charge < -0.3 is 24.3 Å². The first-order valence-electron chi connectivity index (χ1n) is 11.5. The van der Waals surface area contributed by atoms with E-state index in [9.17, 15) is 9.59 Å².